The van der Waals surface area contributed by atoms with Crippen LogP contribution >= 0.6 is 0 Å². The van der Waals surface area contributed by atoms with Gasteiger partial charge in [0.05, 0.1) is 4.92 Å². The van der Waals surface area contributed by atoms with E-state index in [9.17, 15) is 19.3 Å². The molecule has 5 nitrogen and oxygen atoms in total. The summed E-state index contributed by atoms with van der Waals surface area (Å²) in [7, 11) is 0. The van der Waals surface area contributed by atoms with Crippen LogP contribution in [0, 0.1) is 15.9 Å². The monoisotopic (exact) mass is 199 g/mol. The van der Waals surface area contributed by atoms with Gasteiger partial charge in [0.1, 0.15) is 0 Å². The first-order valence-corrected chi connectivity index (χ1v) is 3.63. The van der Waals surface area contributed by atoms with Crippen LogP contribution in [-0.4, -0.2) is 10.9 Å². The highest BCUT2D eigenvalue weighted by Gasteiger charge is 2.20. The Labute approximate surface area is 78.3 Å². The molecular weight excluding hydrogens is 193 g/mol. The first-order chi connectivity index (χ1) is 6.52. The number of hydrogen-bond donors (Lipinski definition) is 0. The average Bonchev–Trinajstić information content (AvgIpc) is 2.07. The second-order valence-electron chi connectivity index (χ2n) is 2.44. The van der Waals surface area contributed by atoms with E-state index in [4.69, 9.17) is 0 Å². The Morgan fingerprint density at radius 2 is 2.21 bits per heavy atom. The summed E-state index contributed by atoms with van der Waals surface area (Å²) in [4.78, 5) is 20.1. The summed E-state index contributed by atoms with van der Waals surface area (Å²) < 4.78 is 17.4. The number of ether oxygens (including phenoxy) is 1. The molecule has 0 aromatic heterocycles. The number of nitro benzene ring substituents is 1. The number of carbonyl (C=O) groups excluding carboxylic acids is 1. The van der Waals surface area contributed by atoms with E-state index in [2.05, 4.69) is 4.74 Å². The molecule has 0 aliphatic rings. The van der Waals surface area contributed by atoms with Crippen molar-refractivity contribution in [3.63, 3.8) is 0 Å². The zero-order valence-corrected chi connectivity index (χ0v) is 7.19. The molecule has 0 bridgehead atoms. The molecule has 0 saturated carbocycles. The van der Waals surface area contributed by atoms with Crippen LogP contribution in [0.3, 0.4) is 0 Å². The second-order valence-corrected chi connectivity index (χ2v) is 2.44. The molecule has 0 atom stereocenters. The average molecular weight is 199 g/mol. The molecule has 74 valence electrons. The molecule has 0 N–H and O–H groups in total. The number of hydrogen-bond acceptors (Lipinski definition) is 4. The summed E-state index contributed by atoms with van der Waals surface area (Å²) in [5.74, 6) is -2.39. The molecule has 14 heavy (non-hydrogen) atoms. The van der Waals surface area contributed by atoms with E-state index >= 15 is 0 Å². The molecule has 0 radical (unpaired) electrons. The fourth-order valence-corrected chi connectivity index (χ4v) is 0.886. The van der Waals surface area contributed by atoms with Gasteiger partial charge in [-0.05, 0) is 6.07 Å². The van der Waals surface area contributed by atoms with Crippen LogP contribution in [0.25, 0.3) is 0 Å². The third kappa shape index (κ3) is 2.03. The summed E-state index contributed by atoms with van der Waals surface area (Å²) in [6.45, 7) is 1.04. The van der Waals surface area contributed by atoms with Gasteiger partial charge in [-0.3, -0.25) is 14.9 Å². The van der Waals surface area contributed by atoms with Crippen molar-refractivity contribution < 1.29 is 18.8 Å². The van der Waals surface area contributed by atoms with Crippen molar-refractivity contribution in [1.82, 2.24) is 0 Å². The molecule has 1 rings (SSSR count). The predicted molar refractivity (Wildman–Crippen MR) is 44.4 cm³/mol. The predicted octanol–water partition coefficient (Wildman–Crippen LogP) is 1.66. The van der Waals surface area contributed by atoms with Gasteiger partial charge >= 0.3 is 11.7 Å². The number of esters is 1. The van der Waals surface area contributed by atoms with Gasteiger partial charge in [-0.25, -0.2) is 4.39 Å². The van der Waals surface area contributed by atoms with Crippen LogP contribution in [0.4, 0.5) is 10.1 Å². The lowest BCUT2D eigenvalue weighted by atomic mass is 10.3. The molecule has 1 aromatic rings. The number of para-hydroxylation sites is 1. The highest BCUT2D eigenvalue weighted by Crippen LogP contribution is 2.29. The van der Waals surface area contributed by atoms with Crippen LogP contribution in [0.2, 0.25) is 0 Å². The zero-order valence-electron chi connectivity index (χ0n) is 7.19. The van der Waals surface area contributed by atoms with Crippen molar-refractivity contribution in [3.8, 4) is 5.75 Å². The molecular formula is C8H6FNO4. The SMILES string of the molecule is CC(=O)Oc1c(F)cccc1[N+](=O)[O-]. The second kappa shape index (κ2) is 3.82. The first-order valence-electron chi connectivity index (χ1n) is 3.63. The largest absolute Gasteiger partial charge is 0.416 e. The Hall–Kier alpha value is -1.98. The van der Waals surface area contributed by atoms with Crippen LogP contribution in [0.5, 0.6) is 5.75 Å². The van der Waals surface area contributed by atoms with Gasteiger partial charge in [-0.1, -0.05) is 6.07 Å². The van der Waals surface area contributed by atoms with Crippen molar-refractivity contribution >= 4 is 11.7 Å². The van der Waals surface area contributed by atoms with Gasteiger partial charge in [0, 0.05) is 13.0 Å². The van der Waals surface area contributed by atoms with Crippen LogP contribution in [-0.2, 0) is 4.79 Å². The highest BCUT2D eigenvalue weighted by atomic mass is 19.1. The molecule has 0 heterocycles. The van der Waals surface area contributed by atoms with Gasteiger partial charge in [0.25, 0.3) is 0 Å². The van der Waals surface area contributed by atoms with Gasteiger partial charge in [-0.2, -0.15) is 0 Å². The van der Waals surface area contributed by atoms with Crippen molar-refractivity contribution in [2.75, 3.05) is 0 Å². The Morgan fingerprint density at radius 1 is 1.57 bits per heavy atom. The standard InChI is InChI=1S/C8H6FNO4/c1-5(11)14-8-6(9)3-2-4-7(8)10(12)13/h2-4H,1H3. The summed E-state index contributed by atoms with van der Waals surface area (Å²) in [6.07, 6.45) is 0. The maximum Gasteiger partial charge on any atom is 0.314 e. The first kappa shape index (κ1) is 10.1. The Balaban J connectivity index is 3.22. The third-order valence-electron chi connectivity index (χ3n) is 1.39. The van der Waals surface area contributed by atoms with E-state index in [1.165, 1.54) is 6.07 Å². The maximum absolute atomic E-state index is 13.0. The summed E-state index contributed by atoms with van der Waals surface area (Å²) in [5, 5.41) is 10.4. The summed E-state index contributed by atoms with van der Waals surface area (Å²) in [6, 6.07) is 3.20. The number of carbonyl (C=O) groups is 1. The lowest BCUT2D eigenvalue weighted by Crippen LogP contribution is -2.05. The van der Waals surface area contributed by atoms with E-state index < -0.39 is 28.1 Å². The number of halogens is 1. The molecule has 1 aromatic carbocycles. The van der Waals surface area contributed by atoms with Crippen molar-refractivity contribution in [3.05, 3.63) is 34.1 Å². The quantitative estimate of drug-likeness (QED) is 0.314. The molecule has 6 heteroatoms. The van der Waals surface area contributed by atoms with E-state index in [0.717, 1.165) is 19.1 Å². The van der Waals surface area contributed by atoms with Gasteiger partial charge < -0.3 is 4.74 Å². The maximum atomic E-state index is 13.0. The fourth-order valence-electron chi connectivity index (χ4n) is 0.886. The normalized spacial score (nSPS) is 9.57. The van der Waals surface area contributed by atoms with E-state index in [0.29, 0.717) is 0 Å². The van der Waals surface area contributed by atoms with Crippen molar-refractivity contribution in [1.29, 1.82) is 0 Å². The zero-order chi connectivity index (χ0) is 10.7. The topological polar surface area (TPSA) is 69.4 Å². The molecule has 0 fully saturated rings. The number of nitrogens with zero attached hydrogens (tertiary/aromatic N) is 1. The molecule has 0 unspecified atom stereocenters. The van der Waals surface area contributed by atoms with Crippen LogP contribution in [0.1, 0.15) is 6.92 Å². The van der Waals surface area contributed by atoms with Crippen molar-refractivity contribution in [2.45, 2.75) is 6.92 Å². The minimum atomic E-state index is -0.936. The Morgan fingerprint density at radius 3 is 2.71 bits per heavy atom. The number of rotatable bonds is 2. The number of benzene rings is 1. The minimum Gasteiger partial charge on any atom is -0.416 e. The highest BCUT2D eigenvalue weighted by molar-refractivity contribution is 5.71. The molecule has 0 aliphatic carbocycles. The summed E-state index contributed by atoms with van der Waals surface area (Å²) >= 11 is 0. The molecule has 0 saturated heterocycles. The summed E-state index contributed by atoms with van der Waals surface area (Å²) in [5.41, 5.74) is -0.569. The van der Waals surface area contributed by atoms with E-state index in [-0.39, 0.29) is 0 Å². The number of nitro groups is 1. The third-order valence-corrected chi connectivity index (χ3v) is 1.39. The molecule has 0 spiro atoms. The molecule has 0 aliphatic heterocycles. The Kier molecular flexibility index (Phi) is 2.76. The minimum absolute atomic E-state index is 0.569. The van der Waals surface area contributed by atoms with Gasteiger partial charge in [0.2, 0.25) is 5.75 Å². The fraction of sp³-hybridized carbons (Fsp3) is 0.125. The van der Waals surface area contributed by atoms with Gasteiger partial charge in [0.15, 0.2) is 5.82 Å². The Bertz CT molecular complexity index is 391. The van der Waals surface area contributed by atoms with Crippen molar-refractivity contribution in [2.24, 2.45) is 0 Å². The molecule has 0 amide bonds. The van der Waals surface area contributed by atoms with Crippen LogP contribution in [0.15, 0.2) is 18.2 Å². The van der Waals surface area contributed by atoms with E-state index in [1.54, 1.807) is 0 Å². The van der Waals surface area contributed by atoms with Crippen LogP contribution < -0.4 is 4.74 Å². The van der Waals surface area contributed by atoms with E-state index in [1.807, 2.05) is 0 Å². The lowest BCUT2D eigenvalue weighted by Gasteiger charge is -2.02. The smallest absolute Gasteiger partial charge is 0.314 e. The van der Waals surface area contributed by atoms with Gasteiger partial charge in [-0.15, -0.1) is 0 Å². The lowest BCUT2D eigenvalue weighted by molar-refractivity contribution is -0.385.